The van der Waals surface area contributed by atoms with Crippen molar-refractivity contribution in [1.29, 1.82) is 0 Å². The second-order valence-electron chi connectivity index (χ2n) is 7.27. The first kappa shape index (κ1) is 17.6. The second-order valence-corrected chi connectivity index (χ2v) is 8.08. The number of fused-ring (bicyclic) bond motifs is 2. The minimum atomic E-state index is 0.614. The molecule has 0 radical (unpaired) electrons. The summed E-state index contributed by atoms with van der Waals surface area (Å²) in [6.45, 7) is 2.20. The lowest BCUT2D eigenvalue weighted by molar-refractivity contribution is 0.299. The maximum atomic E-state index is 5.58. The molecule has 0 saturated heterocycles. The Bertz CT molecular complexity index is 756. The number of nitrogens with zero attached hydrogens (tertiary/aromatic N) is 2. The van der Waals surface area contributed by atoms with E-state index in [1.54, 1.807) is 19.2 Å². The van der Waals surface area contributed by atoms with Crippen molar-refractivity contribution in [3.8, 4) is 5.75 Å². The minimum absolute atomic E-state index is 0.614. The molecule has 26 heavy (non-hydrogen) atoms. The van der Waals surface area contributed by atoms with Gasteiger partial charge in [-0.05, 0) is 73.6 Å². The zero-order valence-corrected chi connectivity index (χ0v) is 16.4. The SMILES string of the molecule is COc1cccc2c1CCCC2CN(C)CCC1=CC2=CNSN2C=C1. The maximum absolute atomic E-state index is 5.58. The van der Waals surface area contributed by atoms with E-state index in [0.29, 0.717) is 5.92 Å². The van der Waals surface area contributed by atoms with Crippen LogP contribution in [0.15, 0.2) is 54.0 Å². The maximum Gasteiger partial charge on any atom is 0.122 e. The van der Waals surface area contributed by atoms with Crippen LogP contribution in [0.1, 0.15) is 36.3 Å². The average Bonchev–Trinajstić information content (AvgIpc) is 3.14. The molecule has 3 aliphatic rings. The molecule has 1 aromatic rings. The number of ether oxygens (including phenoxy) is 1. The van der Waals surface area contributed by atoms with Gasteiger partial charge in [0, 0.05) is 25.5 Å². The van der Waals surface area contributed by atoms with Gasteiger partial charge in [-0.2, -0.15) is 0 Å². The van der Waals surface area contributed by atoms with Crippen molar-refractivity contribution in [1.82, 2.24) is 13.9 Å². The molecule has 1 aromatic carbocycles. The van der Waals surface area contributed by atoms with Crippen LogP contribution in [-0.2, 0) is 6.42 Å². The topological polar surface area (TPSA) is 27.7 Å². The van der Waals surface area contributed by atoms with E-state index in [9.17, 15) is 0 Å². The first-order chi connectivity index (χ1) is 12.7. The zero-order valence-electron chi connectivity index (χ0n) is 15.6. The molecule has 138 valence electrons. The molecular formula is C21H27N3OS. The van der Waals surface area contributed by atoms with Crippen molar-refractivity contribution in [3.63, 3.8) is 0 Å². The van der Waals surface area contributed by atoms with Crippen LogP contribution in [0.3, 0.4) is 0 Å². The fourth-order valence-corrected chi connectivity index (χ4v) is 4.74. The van der Waals surface area contributed by atoms with E-state index in [2.05, 4.69) is 63.7 Å². The van der Waals surface area contributed by atoms with E-state index >= 15 is 0 Å². The number of allylic oxidation sites excluding steroid dienone is 2. The normalized spacial score (nSPS) is 21.0. The monoisotopic (exact) mass is 369 g/mol. The highest BCUT2D eigenvalue weighted by atomic mass is 32.2. The molecule has 0 spiro atoms. The Labute approximate surface area is 160 Å². The van der Waals surface area contributed by atoms with Crippen LogP contribution in [0.5, 0.6) is 5.75 Å². The minimum Gasteiger partial charge on any atom is -0.496 e. The molecule has 1 aliphatic carbocycles. The first-order valence-corrected chi connectivity index (χ1v) is 10.2. The molecule has 2 heterocycles. The molecule has 5 heteroatoms. The third kappa shape index (κ3) is 3.64. The summed E-state index contributed by atoms with van der Waals surface area (Å²) in [5.74, 6) is 1.68. The summed E-state index contributed by atoms with van der Waals surface area (Å²) < 4.78 is 10.9. The molecular weight excluding hydrogens is 342 g/mol. The quantitative estimate of drug-likeness (QED) is 0.759. The molecule has 1 unspecified atom stereocenters. The number of rotatable bonds is 6. The summed E-state index contributed by atoms with van der Waals surface area (Å²) in [4.78, 5) is 2.48. The number of methoxy groups -OCH3 is 1. The summed E-state index contributed by atoms with van der Waals surface area (Å²) in [5, 5.41) is 0. The second kappa shape index (κ2) is 7.80. The largest absolute Gasteiger partial charge is 0.496 e. The predicted octanol–water partition coefficient (Wildman–Crippen LogP) is 4.20. The highest BCUT2D eigenvalue weighted by molar-refractivity contribution is 7.95. The van der Waals surface area contributed by atoms with E-state index in [4.69, 9.17) is 4.74 Å². The van der Waals surface area contributed by atoms with Crippen LogP contribution in [0.2, 0.25) is 0 Å². The molecule has 4 rings (SSSR count). The lowest BCUT2D eigenvalue weighted by atomic mass is 9.82. The molecule has 0 saturated carbocycles. The van der Waals surface area contributed by atoms with Crippen LogP contribution in [0.25, 0.3) is 0 Å². The lowest BCUT2D eigenvalue weighted by Crippen LogP contribution is -2.28. The number of hydrogen-bond acceptors (Lipinski definition) is 5. The Morgan fingerprint density at radius 3 is 3.19 bits per heavy atom. The summed E-state index contributed by atoms with van der Waals surface area (Å²) in [6.07, 6.45) is 13.5. The van der Waals surface area contributed by atoms with E-state index in [1.165, 1.54) is 35.2 Å². The Morgan fingerprint density at radius 2 is 2.31 bits per heavy atom. The van der Waals surface area contributed by atoms with Gasteiger partial charge in [-0.15, -0.1) is 0 Å². The van der Waals surface area contributed by atoms with E-state index < -0.39 is 0 Å². The molecule has 1 N–H and O–H groups in total. The molecule has 2 aliphatic heterocycles. The van der Waals surface area contributed by atoms with Gasteiger partial charge in [0.25, 0.3) is 0 Å². The number of likely N-dealkylation sites (N-methyl/N-ethyl adjacent to an activating group) is 1. The van der Waals surface area contributed by atoms with Crippen LogP contribution in [0, 0.1) is 0 Å². The number of nitrogens with one attached hydrogen (secondary N) is 1. The Kier molecular flexibility index (Phi) is 5.27. The van der Waals surface area contributed by atoms with Gasteiger partial charge in [-0.25, -0.2) is 0 Å². The summed E-state index contributed by atoms with van der Waals surface area (Å²) >= 11 is 1.61. The molecule has 4 nitrogen and oxygen atoms in total. The fourth-order valence-electron chi connectivity index (χ4n) is 4.12. The van der Waals surface area contributed by atoms with Crippen LogP contribution < -0.4 is 9.46 Å². The van der Waals surface area contributed by atoms with Gasteiger partial charge >= 0.3 is 0 Å². The van der Waals surface area contributed by atoms with Gasteiger partial charge in [0.15, 0.2) is 0 Å². The number of hydrogen-bond donors (Lipinski definition) is 1. The standard InChI is InChI=1S/C21H27N3OS/c1-23(11-9-16-10-12-24-18(13-16)14-22-26-24)15-17-5-3-7-20-19(17)6-4-8-21(20)25-2/h4,6,8,10,12-14,17,22H,3,5,7,9,11,15H2,1-2H3. The van der Waals surface area contributed by atoms with E-state index in [-0.39, 0.29) is 0 Å². The Morgan fingerprint density at radius 1 is 1.38 bits per heavy atom. The summed E-state index contributed by atoms with van der Waals surface area (Å²) in [7, 11) is 4.03. The van der Waals surface area contributed by atoms with Gasteiger partial charge in [0.05, 0.1) is 24.9 Å². The third-order valence-corrected chi connectivity index (χ3v) is 6.24. The molecule has 0 fully saturated rings. The first-order valence-electron chi connectivity index (χ1n) is 9.39. The molecule has 0 bridgehead atoms. The summed E-state index contributed by atoms with van der Waals surface area (Å²) in [5.41, 5.74) is 5.56. The van der Waals surface area contributed by atoms with Gasteiger partial charge in [-0.3, -0.25) is 4.31 Å². The molecule has 0 amide bonds. The van der Waals surface area contributed by atoms with Crippen molar-refractivity contribution in [2.45, 2.75) is 31.6 Å². The van der Waals surface area contributed by atoms with Crippen molar-refractivity contribution < 1.29 is 4.74 Å². The fraction of sp³-hybridized carbons (Fsp3) is 0.429. The van der Waals surface area contributed by atoms with Gasteiger partial charge in [0.1, 0.15) is 5.75 Å². The number of benzene rings is 1. The van der Waals surface area contributed by atoms with Gasteiger partial charge < -0.3 is 14.4 Å². The van der Waals surface area contributed by atoms with Crippen molar-refractivity contribution in [2.24, 2.45) is 0 Å². The predicted molar refractivity (Wildman–Crippen MR) is 109 cm³/mol. The van der Waals surface area contributed by atoms with Crippen molar-refractivity contribution in [3.05, 3.63) is 65.1 Å². The molecule has 1 atom stereocenters. The zero-order chi connectivity index (χ0) is 17.9. The van der Waals surface area contributed by atoms with E-state index in [0.717, 1.165) is 31.7 Å². The van der Waals surface area contributed by atoms with Gasteiger partial charge in [0.2, 0.25) is 0 Å². The van der Waals surface area contributed by atoms with E-state index in [1.807, 2.05) is 0 Å². The highest BCUT2D eigenvalue weighted by Crippen LogP contribution is 2.37. The van der Waals surface area contributed by atoms with Crippen LogP contribution in [-0.4, -0.2) is 36.5 Å². The van der Waals surface area contributed by atoms with Gasteiger partial charge in [-0.1, -0.05) is 12.1 Å². The lowest BCUT2D eigenvalue weighted by Gasteiger charge is -2.30. The Balaban J connectivity index is 1.36. The summed E-state index contributed by atoms with van der Waals surface area (Å²) in [6, 6.07) is 6.54. The smallest absolute Gasteiger partial charge is 0.122 e. The van der Waals surface area contributed by atoms with Crippen molar-refractivity contribution >= 4 is 12.1 Å². The Hall–Kier alpha value is -1.85. The highest BCUT2D eigenvalue weighted by Gasteiger charge is 2.24. The van der Waals surface area contributed by atoms with Crippen molar-refractivity contribution in [2.75, 3.05) is 27.2 Å². The van der Waals surface area contributed by atoms with Crippen LogP contribution >= 0.6 is 12.1 Å². The molecule has 0 aromatic heterocycles. The van der Waals surface area contributed by atoms with Crippen LogP contribution in [0.4, 0.5) is 0 Å². The average molecular weight is 370 g/mol. The third-order valence-electron chi connectivity index (χ3n) is 5.49.